The molecule has 1 atom stereocenters. The van der Waals surface area contributed by atoms with Gasteiger partial charge in [-0.25, -0.2) is 4.79 Å². The Bertz CT molecular complexity index is 752. The molecular weight excluding hydrogens is 356 g/mol. The molecule has 0 radical (unpaired) electrons. The lowest BCUT2D eigenvalue weighted by molar-refractivity contribution is 0.171. The number of rotatable bonds is 6. The second-order valence-corrected chi connectivity index (χ2v) is 6.26. The maximum Gasteiger partial charge on any atom is 0.315 e. The summed E-state index contributed by atoms with van der Waals surface area (Å²) in [5.74, 6) is 2.15. The SMILES string of the molecule is C[C@@H](NC(=O)NCCOc1ccc(Cl)cc1)c1ccc2c(c1)OCCO2. The predicted molar refractivity (Wildman–Crippen MR) is 99.3 cm³/mol. The van der Waals surface area contributed by atoms with Crippen molar-refractivity contribution in [1.82, 2.24) is 10.6 Å². The fraction of sp³-hybridized carbons (Fsp3) is 0.316. The molecule has 2 N–H and O–H groups in total. The van der Waals surface area contributed by atoms with Crippen LogP contribution >= 0.6 is 11.6 Å². The van der Waals surface area contributed by atoms with Gasteiger partial charge >= 0.3 is 6.03 Å². The van der Waals surface area contributed by atoms with Crippen molar-refractivity contribution in [1.29, 1.82) is 0 Å². The number of urea groups is 1. The maximum absolute atomic E-state index is 12.0. The van der Waals surface area contributed by atoms with Gasteiger partial charge in [-0.1, -0.05) is 17.7 Å². The summed E-state index contributed by atoms with van der Waals surface area (Å²) in [5.41, 5.74) is 0.946. The van der Waals surface area contributed by atoms with E-state index in [1.54, 1.807) is 24.3 Å². The predicted octanol–water partition coefficient (Wildman–Crippen LogP) is 3.55. The Hall–Kier alpha value is -2.60. The molecule has 1 heterocycles. The fourth-order valence-corrected chi connectivity index (χ4v) is 2.65. The van der Waals surface area contributed by atoms with Crippen LogP contribution in [-0.4, -0.2) is 32.4 Å². The zero-order chi connectivity index (χ0) is 18.4. The third-order valence-electron chi connectivity index (χ3n) is 3.88. The van der Waals surface area contributed by atoms with Crippen molar-refractivity contribution in [2.45, 2.75) is 13.0 Å². The van der Waals surface area contributed by atoms with Crippen LogP contribution in [-0.2, 0) is 0 Å². The number of ether oxygens (including phenoxy) is 3. The zero-order valence-electron chi connectivity index (χ0n) is 14.5. The summed E-state index contributed by atoms with van der Waals surface area (Å²) in [6, 6.07) is 12.3. The number of halogens is 1. The lowest BCUT2D eigenvalue weighted by atomic mass is 10.1. The second-order valence-electron chi connectivity index (χ2n) is 5.83. The molecular formula is C19H21ClN2O4. The highest BCUT2D eigenvalue weighted by Gasteiger charge is 2.15. The molecule has 0 aliphatic carbocycles. The molecule has 0 saturated heterocycles. The van der Waals surface area contributed by atoms with Crippen molar-refractivity contribution in [2.75, 3.05) is 26.4 Å². The first-order chi connectivity index (χ1) is 12.6. The van der Waals surface area contributed by atoms with Gasteiger partial charge in [0, 0.05) is 5.02 Å². The van der Waals surface area contributed by atoms with Crippen molar-refractivity contribution < 1.29 is 19.0 Å². The second kappa shape index (κ2) is 8.67. The molecule has 26 heavy (non-hydrogen) atoms. The van der Waals surface area contributed by atoms with Crippen molar-refractivity contribution in [3.05, 3.63) is 53.1 Å². The minimum absolute atomic E-state index is 0.164. The number of hydrogen-bond donors (Lipinski definition) is 2. The summed E-state index contributed by atoms with van der Waals surface area (Å²) in [5, 5.41) is 6.32. The Morgan fingerprint density at radius 2 is 1.88 bits per heavy atom. The summed E-state index contributed by atoms with van der Waals surface area (Å²) in [6.07, 6.45) is 0. The Balaban J connectivity index is 1.42. The number of nitrogens with one attached hydrogen (secondary N) is 2. The van der Waals surface area contributed by atoms with Crippen LogP contribution in [0.2, 0.25) is 5.02 Å². The van der Waals surface area contributed by atoms with Gasteiger partial charge in [0.1, 0.15) is 25.6 Å². The molecule has 1 aliphatic rings. The molecule has 0 bridgehead atoms. The van der Waals surface area contributed by atoms with Gasteiger partial charge in [-0.05, 0) is 48.9 Å². The zero-order valence-corrected chi connectivity index (χ0v) is 15.2. The standard InChI is InChI=1S/C19H21ClN2O4/c1-13(14-2-7-17-18(12-14)26-11-10-25-17)22-19(23)21-8-9-24-16-5-3-15(20)4-6-16/h2-7,12-13H,8-11H2,1H3,(H2,21,22,23)/t13-/m1/s1. The van der Waals surface area contributed by atoms with Crippen LogP contribution in [0.3, 0.4) is 0 Å². The lowest BCUT2D eigenvalue weighted by Gasteiger charge is -2.21. The number of carbonyl (C=O) groups is 1. The van der Waals surface area contributed by atoms with Crippen LogP contribution in [0, 0.1) is 0 Å². The minimum Gasteiger partial charge on any atom is -0.492 e. The van der Waals surface area contributed by atoms with E-state index in [0.29, 0.717) is 42.9 Å². The van der Waals surface area contributed by atoms with E-state index in [9.17, 15) is 4.79 Å². The molecule has 7 heteroatoms. The first-order valence-electron chi connectivity index (χ1n) is 8.44. The van der Waals surface area contributed by atoms with Crippen molar-refractivity contribution in [3.8, 4) is 17.2 Å². The quantitative estimate of drug-likeness (QED) is 0.756. The van der Waals surface area contributed by atoms with Crippen LogP contribution < -0.4 is 24.8 Å². The van der Waals surface area contributed by atoms with Gasteiger partial charge in [0.15, 0.2) is 11.5 Å². The summed E-state index contributed by atoms with van der Waals surface area (Å²) in [6.45, 7) is 3.76. The van der Waals surface area contributed by atoms with Gasteiger partial charge < -0.3 is 24.8 Å². The van der Waals surface area contributed by atoms with E-state index in [0.717, 1.165) is 11.3 Å². The Kier molecular flexibility index (Phi) is 6.07. The van der Waals surface area contributed by atoms with E-state index in [2.05, 4.69) is 10.6 Å². The molecule has 138 valence electrons. The molecule has 0 unspecified atom stereocenters. The molecule has 0 aromatic heterocycles. The topological polar surface area (TPSA) is 68.8 Å². The van der Waals surface area contributed by atoms with Gasteiger partial charge in [-0.3, -0.25) is 0 Å². The average Bonchev–Trinajstić information content (AvgIpc) is 2.66. The van der Waals surface area contributed by atoms with Crippen molar-refractivity contribution in [2.24, 2.45) is 0 Å². The van der Waals surface area contributed by atoms with E-state index >= 15 is 0 Å². The Morgan fingerprint density at radius 1 is 1.15 bits per heavy atom. The van der Waals surface area contributed by atoms with Crippen LogP contribution in [0.15, 0.2) is 42.5 Å². The first-order valence-corrected chi connectivity index (χ1v) is 8.82. The van der Waals surface area contributed by atoms with Crippen molar-refractivity contribution >= 4 is 17.6 Å². The monoisotopic (exact) mass is 376 g/mol. The number of fused-ring (bicyclic) bond motifs is 1. The van der Waals surface area contributed by atoms with E-state index < -0.39 is 0 Å². The van der Waals surface area contributed by atoms with E-state index in [4.69, 9.17) is 25.8 Å². The average molecular weight is 377 g/mol. The molecule has 0 saturated carbocycles. The highest BCUT2D eigenvalue weighted by molar-refractivity contribution is 6.30. The van der Waals surface area contributed by atoms with Gasteiger partial charge in [-0.2, -0.15) is 0 Å². The fourth-order valence-electron chi connectivity index (χ4n) is 2.52. The lowest BCUT2D eigenvalue weighted by Crippen LogP contribution is -2.39. The summed E-state index contributed by atoms with van der Waals surface area (Å²) < 4.78 is 16.6. The smallest absolute Gasteiger partial charge is 0.315 e. The third kappa shape index (κ3) is 4.95. The minimum atomic E-state index is -0.257. The molecule has 2 aromatic carbocycles. The number of amides is 2. The summed E-state index contributed by atoms with van der Waals surface area (Å²) in [4.78, 5) is 12.0. The summed E-state index contributed by atoms with van der Waals surface area (Å²) >= 11 is 5.82. The normalized spacial score (nSPS) is 13.6. The van der Waals surface area contributed by atoms with Crippen LogP contribution in [0.1, 0.15) is 18.5 Å². The molecule has 6 nitrogen and oxygen atoms in total. The largest absolute Gasteiger partial charge is 0.492 e. The van der Waals surface area contributed by atoms with Crippen LogP contribution in [0.4, 0.5) is 4.79 Å². The van der Waals surface area contributed by atoms with Gasteiger partial charge in [-0.15, -0.1) is 0 Å². The highest BCUT2D eigenvalue weighted by Crippen LogP contribution is 2.32. The maximum atomic E-state index is 12.0. The first kappa shape index (κ1) is 18.2. The Morgan fingerprint density at radius 3 is 2.65 bits per heavy atom. The van der Waals surface area contributed by atoms with Crippen LogP contribution in [0.25, 0.3) is 0 Å². The van der Waals surface area contributed by atoms with Crippen LogP contribution in [0.5, 0.6) is 17.2 Å². The van der Waals surface area contributed by atoms with E-state index in [1.807, 2.05) is 25.1 Å². The molecule has 0 spiro atoms. The molecule has 3 rings (SSSR count). The third-order valence-corrected chi connectivity index (χ3v) is 4.14. The van der Waals surface area contributed by atoms with Crippen molar-refractivity contribution in [3.63, 3.8) is 0 Å². The Labute approximate surface area is 157 Å². The van der Waals surface area contributed by atoms with E-state index in [-0.39, 0.29) is 12.1 Å². The molecule has 1 aliphatic heterocycles. The van der Waals surface area contributed by atoms with Gasteiger partial charge in [0.25, 0.3) is 0 Å². The number of benzene rings is 2. The molecule has 0 fully saturated rings. The van der Waals surface area contributed by atoms with E-state index in [1.165, 1.54) is 0 Å². The van der Waals surface area contributed by atoms with Gasteiger partial charge in [0.2, 0.25) is 0 Å². The molecule has 2 aromatic rings. The van der Waals surface area contributed by atoms with Gasteiger partial charge in [0.05, 0.1) is 12.6 Å². The summed E-state index contributed by atoms with van der Waals surface area (Å²) in [7, 11) is 0. The molecule has 2 amide bonds. The number of hydrogen-bond acceptors (Lipinski definition) is 4. The number of carbonyl (C=O) groups excluding carboxylic acids is 1. The highest BCUT2D eigenvalue weighted by atomic mass is 35.5.